The lowest BCUT2D eigenvalue weighted by molar-refractivity contribution is 0.0463. The van der Waals surface area contributed by atoms with E-state index in [1.54, 1.807) is 13.8 Å². The number of aliphatic hydroxyl groups is 1. The van der Waals surface area contributed by atoms with Gasteiger partial charge in [0, 0.05) is 5.41 Å². The molecule has 0 fully saturated rings. The molecule has 0 radical (unpaired) electrons. The third-order valence-electron chi connectivity index (χ3n) is 1.43. The van der Waals surface area contributed by atoms with E-state index in [9.17, 15) is 9.67 Å². The average molecular weight is 342 g/mol. The van der Waals surface area contributed by atoms with Gasteiger partial charge in [-0.15, -0.1) is 0 Å². The first-order valence-corrected chi connectivity index (χ1v) is 6.63. The van der Waals surface area contributed by atoms with Crippen molar-refractivity contribution in [3.8, 4) is 0 Å². The summed E-state index contributed by atoms with van der Waals surface area (Å²) in [7, 11) is -4.54. The number of halogens is 2. The minimum Gasteiger partial charge on any atom is -0.381 e. The van der Waals surface area contributed by atoms with Crippen molar-refractivity contribution in [2.75, 3.05) is 0 Å². The second-order valence-electron chi connectivity index (χ2n) is 3.07. The van der Waals surface area contributed by atoms with Crippen molar-refractivity contribution in [3.63, 3.8) is 0 Å². The van der Waals surface area contributed by atoms with Gasteiger partial charge in [0.2, 0.25) is 0 Å². The van der Waals surface area contributed by atoms with Crippen LogP contribution in [0.5, 0.6) is 0 Å². The molecular formula is C5H11Br2O5P. The Morgan fingerprint density at radius 1 is 1.38 bits per heavy atom. The predicted molar refractivity (Wildman–Crippen MR) is 54.6 cm³/mol. The molecule has 0 aromatic rings. The molecule has 0 saturated carbocycles. The molecule has 0 heterocycles. The topological polar surface area (TPSA) is 87.0 Å². The molecule has 8 heteroatoms. The van der Waals surface area contributed by atoms with Crippen molar-refractivity contribution in [1.29, 1.82) is 0 Å². The van der Waals surface area contributed by atoms with E-state index in [1.807, 2.05) is 0 Å². The highest BCUT2D eigenvalue weighted by Gasteiger charge is 2.38. The lowest BCUT2D eigenvalue weighted by Gasteiger charge is -2.31. The van der Waals surface area contributed by atoms with Gasteiger partial charge in [-0.25, -0.2) is 4.57 Å². The molecule has 0 saturated heterocycles. The fraction of sp³-hybridized carbons (Fsp3) is 1.00. The number of phosphoric ester groups is 1. The van der Waals surface area contributed by atoms with E-state index in [1.165, 1.54) is 0 Å². The van der Waals surface area contributed by atoms with E-state index in [-0.39, 0.29) is 0 Å². The fourth-order valence-corrected chi connectivity index (χ4v) is 2.38. The van der Waals surface area contributed by atoms with Crippen LogP contribution in [0.4, 0.5) is 0 Å². The summed E-state index contributed by atoms with van der Waals surface area (Å²) in [6, 6.07) is 0. The Bertz CT molecular complexity index is 213. The van der Waals surface area contributed by atoms with Crippen LogP contribution in [0, 0.1) is 5.41 Å². The summed E-state index contributed by atoms with van der Waals surface area (Å²) in [6.07, 6.45) is 0. The summed E-state index contributed by atoms with van der Waals surface area (Å²) in [6.45, 7) is 3.17. The molecule has 5 nitrogen and oxygen atoms in total. The maximum absolute atomic E-state index is 10.5. The molecule has 13 heavy (non-hydrogen) atoms. The van der Waals surface area contributed by atoms with Crippen LogP contribution in [0.2, 0.25) is 0 Å². The first-order valence-electron chi connectivity index (χ1n) is 3.27. The Balaban J connectivity index is 4.43. The van der Waals surface area contributed by atoms with Gasteiger partial charge in [-0.3, -0.25) is 4.52 Å². The van der Waals surface area contributed by atoms with Gasteiger partial charge in [-0.2, -0.15) is 0 Å². The summed E-state index contributed by atoms with van der Waals surface area (Å²) in [4.78, 5) is 17.0. The number of alkyl halides is 2. The molecule has 2 unspecified atom stereocenters. The van der Waals surface area contributed by atoms with Gasteiger partial charge in [0.1, 0.15) is 10.0 Å². The summed E-state index contributed by atoms with van der Waals surface area (Å²) < 4.78 is 14.8. The van der Waals surface area contributed by atoms with Crippen LogP contribution in [0.15, 0.2) is 0 Å². The Labute approximate surface area is 93.0 Å². The second kappa shape index (κ2) is 4.70. The maximum atomic E-state index is 10.5. The van der Waals surface area contributed by atoms with Gasteiger partial charge >= 0.3 is 7.82 Å². The van der Waals surface area contributed by atoms with Crippen LogP contribution < -0.4 is 0 Å². The van der Waals surface area contributed by atoms with E-state index in [4.69, 9.17) is 9.79 Å². The molecule has 80 valence electrons. The first kappa shape index (κ1) is 14.0. The van der Waals surface area contributed by atoms with Gasteiger partial charge in [-0.1, -0.05) is 45.7 Å². The zero-order valence-corrected chi connectivity index (χ0v) is 11.1. The number of phosphoric acid groups is 1. The van der Waals surface area contributed by atoms with Crippen molar-refractivity contribution in [2.24, 2.45) is 5.41 Å². The highest BCUT2D eigenvalue weighted by molar-refractivity contribution is 9.10. The van der Waals surface area contributed by atoms with Crippen molar-refractivity contribution in [3.05, 3.63) is 0 Å². The Morgan fingerprint density at radius 3 is 2.00 bits per heavy atom. The zero-order valence-electron chi connectivity index (χ0n) is 7.02. The SMILES string of the molecule is CC(C)(C(O)Br)C(Br)OP(=O)(O)O. The third-order valence-corrected chi connectivity index (χ3v) is 4.75. The predicted octanol–water partition coefficient (Wildman–Crippen LogP) is 1.56. The van der Waals surface area contributed by atoms with Gasteiger partial charge < -0.3 is 14.9 Å². The quantitative estimate of drug-likeness (QED) is 0.533. The summed E-state index contributed by atoms with van der Waals surface area (Å²) in [5, 5.41) is 7.32. The van der Waals surface area contributed by atoms with E-state index in [0.717, 1.165) is 0 Å². The first-order chi connectivity index (χ1) is 5.57. The molecule has 2 atom stereocenters. The summed E-state index contributed by atoms with van der Waals surface area (Å²) >= 11 is 5.83. The standard InChI is InChI=1S/C5H11Br2O5P/c1-5(2,3(6)8)4(7)12-13(9,10)11/h3-4,8H,1-2H3,(H2,9,10,11). The number of hydrogen-bond donors (Lipinski definition) is 3. The molecule has 0 aliphatic rings. The Morgan fingerprint density at radius 2 is 1.77 bits per heavy atom. The van der Waals surface area contributed by atoms with Crippen LogP contribution in [0.1, 0.15) is 13.8 Å². The molecule has 0 bridgehead atoms. The van der Waals surface area contributed by atoms with Gasteiger partial charge in [0.05, 0.1) is 0 Å². The minimum absolute atomic E-state index is 0.860. The lowest BCUT2D eigenvalue weighted by atomic mass is 9.96. The van der Waals surface area contributed by atoms with E-state index < -0.39 is 23.3 Å². The Kier molecular flexibility index (Phi) is 5.07. The maximum Gasteiger partial charge on any atom is 0.470 e. The zero-order chi connectivity index (χ0) is 10.9. The van der Waals surface area contributed by atoms with Crippen molar-refractivity contribution >= 4 is 39.7 Å². The third kappa shape index (κ3) is 4.88. The van der Waals surface area contributed by atoms with E-state index in [2.05, 4.69) is 36.4 Å². The number of rotatable bonds is 4. The molecule has 0 aliphatic heterocycles. The van der Waals surface area contributed by atoms with Crippen LogP contribution in [-0.2, 0) is 9.09 Å². The molecule has 3 N–H and O–H groups in total. The van der Waals surface area contributed by atoms with Gasteiger partial charge in [0.25, 0.3) is 0 Å². The molecule has 0 amide bonds. The normalized spacial score (nSPS) is 18.4. The van der Waals surface area contributed by atoms with Crippen LogP contribution in [0.3, 0.4) is 0 Å². The van der Waals surface area contributed by atoms with E-state index >= 15 is 0 Å². The molecule has 0 aliphatic carbocycles. The summed E-state index contributed by atoms with van der Waals surface area (Å²) in [5.41, 5.74) is -0.860. The smallest absolute Gasteiger partial charge is 0.381 e. The largest absolute Gasteiger partial charge is 0.470 e. The average Bonchev–Trinajstić information content (AvgIpc) is 1.82. The van der Waals surface area contributed by atoms with Crippen molar-refractivity contribution in [2.45, 2.75) is 23.9 Å². The second-order valence-corrected chi connectivity index (χ2v) is 5.96. The van der Waals surface area contributed by atoms with Crippen molar-refractivity contribution < 1.29 is 24.0 Å². The van der Waals surface area contributed by atoms with Crippen LogP contribution in [0.25, 0.3) is 0 Å². The monoisotopic (exact) mass is 340 g/mol. The van der Waals surface area contributed by atoms with Crippen LogP contribution >= 0.6 is 39.7 Å². The van der Waals surface area contributed by atoms with Gasteiger partial charge in [-0.05, 0) is 0 Å². The Hall–Kier alpha value is 1.03. The molecular weight excluding hydrogens is 331 g/mol. The number of hydrogen-bond acceptors (Lipinski definition) is 3. The molecule has 0 aromatic carbocycles. The minimum atomic E-state index is -4.54. The highest BCUT2D eigenvalue weighted by atomic mass is 79.9. The molecule has 0 aromatic heterocycles. The van der Waals surface area contributed by atoms with Crippen molar-refractivity contribution in [1.82, 2.24) is 0 Å². The fourth-order valence-electron chi connectivity index (χ4n) is 0.365. The molecule has 0 spiro atoms. The lowest BCUT2D eigenvalue weighted by Crippen LogP contribution is -2.34. The highest BCUT2D eigenvalue weighted by Crippen LogP contribution is 2.45. The molecule has 0 rings (SSSR count). The van der Waals surface area contributed by atoms with E-state index in [0.29, 0.717) is 0 Å². The van der Waals surface area contributed by atoms with Crippen LogP contribution in [-0.4, -0.2) is 24.9 Å². The summed E-state index contributed by atoms with van der Waals surface area (Å²) in [5.74, 6) is 0. The van der Waals surface area contributed by atoms with Gasteiger partial charge in [0.15, 0.2) is 0 Å². The number of aliphatic hydroxyl groups excluding tert-OH is 1.